The Morgan fingerprint density at radius 2 is 1.75 bits per heavy atom. The van der Waals surface area contributed by atoms with Gasteiger partial charge in [-0.2, -0.15) is 0 Å². The number of nitrogens with zero attached hydrogens (tertiary/aromatic N) is 2. The molecule has 0 aliphatic carbocycles. The summed E-state index contributed by atoms with van der Waals surface area (Å²) >= 11 is 3.46. The van der Waals surface area contributed by atoms with Crippen LogP contribution in [0.1, 0.15) is 5.69 Å². The Morgan fingerprint density at radius 1 is 1.05 bits per heavy atom. The average Bonchev–Trinajstić information content (AvgIpc) is 2.48. The second-order valence-corrected chi connectivity index (χ2v) is 5.19. The van der Waals surface area contributed by atoms with Gasteiger partial charge in [0.1, 0.15) is 5.82 Å². The van der Waals surface area contributed by atoms with Crippen LogP contribution in [0, 0.1) is 6.92 Å². The number of ether oxygens (including phenoxy) is 2. The quantitative estimate of drug-likeness (QED) is 0.846. The fraction of sp³-hybridized carbons (Fsp3) is 0.267. The summed E-state index contributed by atoms with van der Waals surface area (Å²) in [6.45, 7) is 1.97. The maximum Gasteiger partial charge on any atom is 0.162 e. The van der Waals surface area contributed by atoms with E-state index in [9.17, 15) is 0 Å². The van der Waals surface area contributed by atoms with E-state index in [0.29, 0.717) is 11.5 Å². The van der Waals surface area contributed by atoms with Gasteiger partial charge in [0.15, 0.2) is 11.5 Å². The van der Waals surface area contributed by atoms with E-state index in [-0.39, 0.29) is 0 Å². The smallest absolute Gasteiger partial charge is 0.162 e. The van der Waals surface area contributed by atoms with Crippen LogP contribution in [-0.4, -0.2) is 26.3 Å². The molecule has 0 aliphatic heterocycles. The summed E-state index contributed by atoms with van der Waals surface area (Å²) < 4.78 is 11.6. The second kappa shape index (κ2) is 6.13. The van der Waals surface area contributed by atoms with Crippen LogP contribution in [0.25, 0.3) is 0 Å². The van der Waals surface area contributed by atoms with Gasteiger partial charge < -0.3 is 14.4 Å². The van der Waals surface area contributed by atoms with Crippen molar-refractivity contribution in [1.29, 1.82) is 0 Å². The first kappa shape index (κ1) is 14.7. The highest BCUT2D eigenvalue weighted by atomic mass is 79.9. The Kier molecular flexibility index (Phi) is 4.49. The molecule has 4 nitrogen and oxygen atoms in total. The molecule has 0 N–H and O–H groups in total. The summed E-state index contributed by atoms with van der Waals surface area (Å²) in [5.74, 6) is 2.29. The van der Waals surface area contributed by atoms with E-state index in [1.807, 2.05) is 49.2 Å². The molecule has 1 aromatic heterocycles. The molecule has 1 aromatic carbocycles. The van der Waals surface area contributed by atoms with Gasteiger partial charge in [0, 0.05) is 23.3 Å². The van der Waals surface area contributed by atoms with Crippen molar-refractivity contribution in [3.8, 4) is 11.5 Å². The molecule has 0 spiro atoms. The van der Waals surface area contributed by atoms with Gasteiger partial charge in [-0.3, -0.25) is 0 Å². The van der Waals surface area contributed by atoms with Crippen LogP contribution in [0.2, 0.25) is 0 Å². The first-order valence-corrected chi connectivity index (χ1v) is 6.95. The Hall–Kier alpha value is -1.75. The molecule has 20 heavy (non-hydrogen) atoms. The van der Waals surface area contributed by atoms with E-state index in [4.69, 9.17) is 9.47 Å². The molecule has 2 rings (SSSR count). The van der Waals surface area contributed by atoms with E-state index in [0.717, 1.165) is 21.7 Å². The Balaban J connectivity index is 2.37. The minimum atomic E-state index is 0.700. The van der Waals surface area contributed by atoms with Gasteiger partial charge >= 0.3 is 0 Å². The van der Waals surface area contributed by atoms with Gasteiger partial charge in [0.25, 0.3) is 0 Å². The number of halogens is 1. The molecule has 5 heteroatoms. The van der Waals surface area contributed by atoms with Crippen LogP contribution in [-0.2, 0) is 0 Å². The summed E-state index contributed by atoms with van der Waals surface area (Å²) in [5, 5.41) is 0. The van der Waals surface area contributed by atoms with Gasteiger partial charge in [-0.05, 0) is 47.1 Å². The second-order valence-electron chi connectivity index (χ2n) is 4.33. The molecule has 0 bridgehead atoms. The Morgan fingerprint density at radius 3 is 2.35 bits per heavy atom. The number of aromatic nitrogens is 1. The molecule has 0 atom stereocenters. The fourth-order valence-corrected chi connectivity index (χ4v) is 2.10. The molecule has 0 saturated carbocycles. The van der Waals surface area contributed by atoms with Crippen molar-refractivity contribution in [2.24, 2.45) is 0 Å². The third-order valence-corrected chi connectivity index (χ3v) is 3.94. The van der Waals surface area contributed by atoms with Crippen LogP contribution in [0.4, 0.5) is 11.5 Å². The monoisotopic (exact) mass is 336 g/mol. The number of anilines is 2. The van der Waals surface area contributed by atoms with E-state index in [1.165, 1.54) is 0 Å². The average molecular weight is 337 g/mol. The van der Waals surface area contributed by atoms with Gasteiger partial charge in [0.2, 0.25) is 0 Å². The lowest BCUT2D eigenvalue weighted by Gasteiger charge is -2.20. The normalized spacial score (nSPS) is 10.2. The van der Waals surface area contributed by atoms with Crippen LogP contribution < -0.4 is 14.4 Å². The maximum absolute atomic E-state index is 5.33. The van der Waals surface area contributed by atoms with Crippen molar-refractivity contribution >= 4 is 27.4 Å². The molecule has 1 heterocycles. The molecule has 0 aliphatic rings. The minimum Gasteiger partial charge on any atom is -0.493 e. The highest BCUT2D eigenvalue weighted by Gasteiger charge is 2.10. The lowest BCUT2D eigenvalue weighted by Crippen LogP contribution is -2.11. The molecular formula is C15H17BrN2O2. The van der Waals surface area contributed by atoms with E-state index in [2.05, 4.69) is 20.9 Å². The standard InChI is InChI=1S/C15H17BrN2O2/c1-10-12(16)6-8-15(17-10)18(2)11-5-7-13(19-3)14(9-11)20-4/h5-9H,1-4H3. The van der Waals surface area contributed by atoms with E-state index in [1.54, 1.807) is 14.2 Å². The molecule has 2 aromatic rings. The summed E-state index contributed by atoms with van der Waals surface area (Å²) in [7, 11) is 5.22. The van der Waals surface area contributed by atoms with Gasteiger partial charge in [-0.1, -0.05) is 0 Å². The molecule has 106 valence electrons. The highest BCUT2D eigenvalue weighted by molar-refractivity contribution is 9.10. The van der Waals surface area contributed by atoms with Crippen molar-refractivity contribution in [3.63, 3.8) is 0 Å². The van der Waals surface area contributed by atoms with Crippen molar-refractivity contribution in [1.82, 2.24) is 4.98 Å². The van der Waals surface area contributed by atoms with E-state index < -0.39 is 0 Å². The number of aryl methyl sites for hydroxylation is 1. The molecule has 0 fully saturated rings. The Bertz CT molecular complexity index is 617. The summed E-state index contributed by atoms with van der Waals surface area (Å²) in [4.78, 5) is 6.56. The van der Waals surface area contributed by atoms with E-state index >= 15 is 0 Å². The number of hydrogen-bond acceptors (Lipinski definition) is 4. The first-order valence-electron chi connectivity index (χ1n) is 6.15. The van der Waals surface area contributed by atoms with Crippen molar-refractivity contribution in [3.05, 3.63) is 40.5 Å². The molecule has 0 saturated heterocycles. The third-order valence-electron chi connectivity index (χ3n) is 3.10. The molecular weight excluding hydrogens is 320 g/mol. The molecule has 0 amide bonds. The zero-order chi connectivity index (χ0) is 14.7. The van der Waals surface area contributed by atoms with Crippen molar-refractivity contribution in [2.75, 3.05) is 26.2 Å². The summed E-state index contributed by atoms with van der Waals surface area (Å²) in [6.07, 6.45) is 0. The van der Waals surface area contributed by atoms with Crippen LogP contribution >= 0.6 is 15.9 Å². The highest BCUT2D eigenvalue weighted by Crippen LogP contribution is 2.33. The van der Waals surface area contributed by atoms with Gasteiger partial charge in [-0.25, -0.2) is 4.98 Å². The summed E-state index contributed by atoms with van der Waals surface area (Å²) in [5.41, 5.74) is 1.94. The number of rotatable bonds is 4. The number of methoxy groups -OCH3 is 2. The first-order chi connectivity index (χ1) is 9.56. The predicted molar refractivity (Wildman–Crippen MR) is 84.3 cm³/mol. The largest absolute Gasteiger partial charge is 0.493 e. The number of benzene rings is 1. The zero-order valence-electron chi connectivity index (χ0n) is 12.0. The SMILES string of the molecule is COc1ccc(N(C)c2ccc(Br)c(C)n2)cc1OC. The lowest BCUT2D eigenvalue weighted by molar-refractivity contribution is 0.355. The van der Waals surface area contributed by atoms with Gasteiger partial charge in [-0.15, -0.1) is 0 Å². The van der Waals surface area contributed by atoms with Crippen LogP contribution in [0.15, 0.2) is 34.8 Å². The minimum absolute atomic E-state index is 0.700. The van der Waals surface area contributed by atoms with Crippen LogP contribution in [0.3, 0.4) is 0 Å². The van der Waals surface area contributed by atoms with Crippen molar-refractivity contribution in [2.45, 2.75) is 6.92 Å². The topological polar surface area (TPSA) is 34.6 Å². The summed E-state index contributed by atoms with van der Waals surface area (Å²) in [6, 6.07) is 9.75. The predicted octanol–water partition coefficient (Wildman–Crippen LogP) is 3.94. The Labute approximate surface area is 127 Å². The molecule has 0 unspecified atom stereocenters. The zero-order valence-corrected chi connectivity index (χ0v) is 13.6. The number of pyridine rings is 1. The lowest BCUT2D eigenvalue weighted by atomic mass is 10.2. The number of hydrogen-bond donors (Lipinski definition) is 0. The maximum atomic E-state index is 5.33. The van der Waals surface area contributed by atoms with Crippen LogP contribution in [0.5, 0.6) is 11.5 Å². The molecule has 0 radical (unpaired) electrons. The van der Waals surface area contributed by atoms with Crippen molar-refractivity contribution < 1.29 is 9.47 Å². The van der Waals surface area contributed by atoms with Gasteiger partial charge in [0.05, 0.1) is 19.9 Å². The fourth-order valence-electron chi connectivity index (χ4n) is 1.88. The third kappa shape index (κ3) is 2.88.